The Kier molecular flexibility index (Phi) is 7.00. The van der Waals surface area contributed by atoms with Crippen molar-refractivity contribution in [1.29, 1.82) is 0 Å². The topological polar surface area (TPSA) is 90.3 Å². The first-order valence-electron chi connectivity index (χ1n) is 9.79. The molecule has 1 amide bonds. The van der Waals surface area contributed by atoms with Crippen molar-refractivity contribution in [3.8, 4) is 0 Å². The molecule has 1 saturated heterocycles. The zero-order valence-electron chi connectivity index (χ0n) is 16.2. The number of nitrogens with one attached hydrogen (secondary N) is 2. The SMILES string of the molecule is CCOCCCNC(=O)c1cnc2c(cnn2CC)c1NC1CCOCC1. The zero-order valence-corrected chi connectivity index (χ0v) is 16.2. The molecule has 2 aromatic heterocycles. The molecule has 0 unspecified atom stereocenters. The lowest BCUT2D eigenvalue weighted by atomic mass is 10.1. The number of hydrogen-bond acceptors (Lipinski definition) is 6. The molecule has 0 radical (unpaired) electrons. The second kappa shape index (κ2) is 9.66. The molecule has 1 fully saturated rings. The number of anilines is 1. The molecule has 0 bridgehead atoms. The average Bonchev–Trinajstić information content (AvgIpc) is 3.12. The lowest BCUT2D eigenvalue weighted by Gasteiger charge is -2.25. The third-order valence-corrected chi connectivity index (χ3v) is 4.74. The summed E-state index contributed by atoms with van der Waals surface area (Å²) in [5.74, 6) is -0.125. The summed E-state index contributed by atoms with van der Waals surface area (Å²) in [4.78, 5) is 17.3. The quantitative estimate of drug-likeness (QED) is 0.653. The molecule has 8 heteroatoms. The Morgan fingerprint density at radius 3 is 2.89 bits per heavy atom. The van der Waals surface area contributed by atoms with Crippen LogP contribution in [0.25, 0.3) is 11.0 Å². The fourth-order valence-electron chi connectivity index (χ4n) is 3.25. The first-order chi connectivity index (χ1) is 13.2. The summed E-state index contributed by atoms with van der Waals surface area (Å²) in [6.45, 7) is 8.10. The molecule has 8 nitrogen and oxygen atoms in total. The van der Waals surface area contributed by atoms with Crippen LogP contribution < -0.4 is 10.6 Å². The summed E-state index contributed by atoms with van der Waals surface area (Å²) in [5.41, 5.74) is 2.16. The molecule has 0 saturated carbocycles. The molecular formula is C19H29N5O3. The van der Waals surface area contributed by atoms with Gasteiger partial charge in [0, 0.05) is 51.8 Å². The number of pyridine rings is 1. The highest BCUT2D eigenvalue weighted by molar-refractivity contribution is 6.06. The molecule has 2 aromatic rings. The average molecular weight is 375 g/mol. The molecule has 1 aliphatic heterocycles. The molecular weight excluding hydrogens is 346 g/mol. The van der Waals surface area contributed by atoms with E-state index >= 15 is 0 Å². The van der Waals surface area contributed by atoms with Crippen molar-refractivity contribution < 1.29 is 14.3 Å². The summed E-state index contributed by atoms with van der Waals surface area (Å²) in [6.07, 6.45) is 6.06. The van der Waals surface area contributed by atoms with Gasteiger partial charge in [-0.2, -0.15) is 5.10 Å². The van der Waals surface area contributed by atoms with Gasteiger partial charge < -0.3 is 20.1 Å². The first-order valence-corrected chi connectivity index (χ1v) is 9.79. The van der Waals surface area contributed by atoms with Crippen LogP contribution in [0.5, 0.6) is 0 Å². The Balaban J connectivity index is 1.81. The summed E-state index contributed by atoms with van der Waals surface area (Å²) in [5, 5.41) is 11.8. The predicted octanol–water partition coefficient (Wildman–Crippen LogP) is 2.20. The fourth-order valence-corrected chi connectivity index (χ4v) is 3.25. The molecule has 3 rings (SSSR count). The van der Waals surface area contributed by atoms with Crippen LogP contribution in [0.2, 0.25) is 0 Å². The van der Waals surface area contributed by atoms with Crippen molar-refractivity contribution in [2.75, 3.05) is 38.3 Å². The van der Waals surface area contributed by atoms with E-state index in [9.17, 15) is 4.79 Å². The van der Waals surface area contributed by atoms with Crippen LogP contribution in [0.15, 0.2) is 12.4 Å². The Hall–Kier alpha value is -2.19. The van der Waals surface area contributed by atoms with E-state index in [-0.39, 0.29) is 11.9 Å². The van der Waals surface area contributed by atoms with Gasteiger partial charge in [0.25, 0.3) is 5.91 Å². The van der Waals surface area contributed by atoms with E-state index in [1.165, 1.54) is 0 Å². The summed E-state index contributed by atoms with van der Waals surface area (Å²) < 4.78 is 12.6. The van der Waals surface area contributed by atoms with Crippen molar-refractivity contribution in [2.24, 2.45) is 0 Å². The van der Waals surface area contributed by atoms with Crippen molar-refractivity contribution in [3.05, 3.63) is 18.0 Å². The van der Waals surface area contributed by atoms with Gasteiger partial charge >= 0.3 is 0 Å². The van der Waals surface area contributed by atoms with E-state index in [0.29, 0.717) is 25.3 Å². The number of carbonyl (C=O) groups excluding carboxylic acids is 1. The third-order valence-electron chi connectivity index (χ3n) is 4.74. The molecule has 3 heterocycles. The normalized spacial score (nSPS) is 15.2. The fraction of sp³-hybridized carbons (Fsp3) is 0.632. The van der Waals surface area contributed by atoms with Gasteiger partial charge in [0.2, 0.25) is 0 Å². The Morgan fingerprint density at radius 2 is 2.15 bits per heavy atom. The molecule has 0 spiro atoms. The molecule has 0 aromatic carbocycles. The van der Waals surface area contributed by atoms with Crippen LogP contribution in [0.4, 0.5) is 5.69 Å². The summed E-state index contributed by atoms with van der Waals surface area (Å²) in [6, 6.07) is 0.277. The highest BCUT2D eigenvalue weighted by Gasteiger charge is 2.21. The van der Waals surface area contributed by atoms with E-state index in [4.69, 9.17) is 9.47 Å². The standard InChI is InChI=1S/C19H29N5O3/c1-3-24-18-15(13-22-24)17(23-14-6-10-27-11-7-14)16(12-21-18)19(25)20-8-5-9-26-4-2/h12-14H,3-11H2,1-2H3,(H,20,25)(H,21,23). The Labute approximate surface area is 159 Å². The molecule has 0 aliphatic carbocycles. The molecule has 0 atom stereocenters. The van der Waals surface area contributed by atoms with Crippen molar-refractivity contribution >= 4 is 22.6 Å². The number of carbonyl (C=O) groups is 1. The monoisotopic (exact) mass is 375 g/mol. The van der Waals surface area contributed by atoms with Gasteiger partial charge in [-0.1, -0.05) is 0 Å². The van der Waals surface area contributed by atoms with Gasteiger partial charge in [0.05, 0.1) is 22.8 Å². The maximum atomic E-state index is 12.8. The highest BCUT2D eigenvalue weighted by atomic mass is 16.5. The minimum absolute atomic E-state index is 0.125. The van der Waals surface area contributed by atoms with Gasteiger partial charge in [-0.05, 0) is 33.1 Å². The van der Waals surface area contributed by atoms with E-state index in [1.54, 1.807) is 12.4 Å². The number of aryl methyl sites for hydroxylation is 1. The largest absolute Gasteiger partial charge is 0.382 e. The number of amides is 1. The highest BCUT2D eigenvalue weighted by Crippen LogP contribution is 2.28. The van der Waals surface area contributed by atoms with Gasteiger partial charge in [-0.15, -0.1) is 0 Å². The Bertz CT molecular complexity index is 755. The van der Waals surface area contributed by atoms with Crippen molar-refractivity contribution in [3.63, 3.8) is 0 Å². The minimum atomic E-state index is -0.125. The maximum absolute atomic E-state index is 12.8. The van der Waals surface area contributed by atoms with Crippen molar-refractivity contribution in [1.82, 2.24) is 20.1 Å². The van der Waals surface area contributed by atoms with E-state index in [2.05, 4.69) is 20.7 Å². The summed E-state index contributed by atoms with van der Waals surface area (Å²) in [7, 11) is 0. The molecule has 2 N–H and O–H groups in total. The smallest absolute Gasteiger partial charge is 0.254 e. The molecule has 27 heavy (non-hydrogen) atoms. The number of nitrogens with zero attached hydrogens (tertiary/aromatic N) is 3. The minimum Gasteiger partial charge on any atom is -0.382 e. The number of fused-ring (bicyclic) bond motifs is 1. The van der Waals surface area contributed by atoms with Crippen LogP contribution in [-0.4, -0.2) is 59.7 Å². The van der Waals surface area contributed by atoms with E-state index < -0.39 is 0 Å². The molecule has 1 aliphatic rings. The van der Waals surface area contributed by atoms with Crippen LogP contribution in [0.1, 0.15) is 43.5 Å². The van der Waals surface area contributed by atoms with Crippen LogP contribution in [0.3, 0.4) is 0 Å². The number of ether oxygens (including phenoxy) is 2. The molecule has 148 valence electrons. The second-order valence-electron chi connectivity index (χ2n) is 6.58. The number of aromatic nitrogens is 3. The lowest BCUT2D eigenvalue weighted by Crippen LogP contribution is -2.31. The predicted molar refractivity (Wildman–Crippen MR) is 104 cm³/mol. The zero-order chi connectivity index (χ0) is 19.1. The van der Waals surface area contributed by atoms with Gasteiger partial charge in [0.1, 0.15) is 0 Å². The van der Waals surface area contributed by atoms with E-state index in [1.807, 2.05) is 18.5 Å². The second-order valence-corrected chi connectivity index (χ2v) is 6.58. The Morgan fingerprint density at radius 1 is 1.33 bits per heavy atom. The van der Waals surface area contributed by atoms with E-state index in [0.717, 1.165) is 55.7 Å². The first kappa shape index (κ1) is 19.6. The van der Waals surface area contributed by atoms with Crippen LogP contribution in [0, 0.1) is 0 Å². The summed E-state index contributed by atoms with van der Waals surface area (Å²) >= 11 is 0. The maximum Gasteiger partial charge on any atom is 0.254 e. The van der Waals surface area contributed by atoms with Crippen LogP contribution >= 0.6 is 0 Å². The van der Waals surface area contributed by atoms with Gasteiger partial charge in [0.15, 0.2) is 5.65 Å². The number of hydrogen-bond donors (Lipinski definition) is 2. The lowest BCUT2D eigenvalue weighted by molar-refractivity contribution is 0.0903. The van der Waals surface area contributed by atoms with Crippen molar-refractivity contribution in [2.45, 2.75) is 45.7 Å². The number of rotatable bonds is 9. The van der Waals surface area contributed by atoms with Gasteiger partial charge in [-0.3, -0.25) is 4.79 Å². The van der Waals surface area contributed by atoms with Gasteiger partial charge in [-0.25, -0.2) is 9.67 Å². The van der Waals surface area contributed by atoms with Crippen LogP contribution in [-0.2, 0) is 16.0 Å². The third kappa shape index (κ3) is 4.75.